The third-order valence-corrected chi connectivity index (χ3v) is 26.5. The fraction of sp³-hybridized carbons (Fsp3) is 0.722. The molecular weight excluding hydrogens is 1380 g/mol. The van der Waals surface area contributed by atoms with Crippen LogP contribution in [0.5, 0.6) is 5.75 Å². The van der Waals surface area contributed by atoms with Crippen molar-refractivity contribution < 1.29 is 122 Å². The molecule has 27 nitrogen and oxygen atoms in total. The van der Waals surface area contributed by atoms with Gasteiger partial charge in [-0.25, -0.2) is 14.4 Å². The van der Waals surface area contributed by atoms with Crippen molar-refractivity contribution in [2.24, 2.45) is 98.6 Å². The molecule has 4 saturated carbocycles. The number of Topliss-reactive ketones (excluding diaryl/α,β-unsaturated/α-hetero) is 1. The van der Waals surface area contributed by atoms with Crippen molar-refractivity contribution in [3.8, 4) is 5.75 Å². The van der Waals surface area contributed by atoms with Crippen molar-refractivity contribution in [3.05, 3.63) is 83.0 Å². The average Bonchev–Trinajstić information content (AvgIpc) is 1.40. The highest BCUT2D eigenvalue weighted by Crippen LogP contribution is 2.76. The minimum atomic E-state index is -2.22. The Morgan fingerprint density at radius 3 is 1.60 bits per heavy atom. The number of aliphatic hydroxyl groups is 7. The van der Waals surface area contributed by atoms with E-state index in [0.29, 0.717) is 18.4 Å². The molecule has 0 amide bonds. The molecule has 0 radical (unpaired) electrons. The fourth-order valence-corrected chi connectivity index (χ4v) is 21.1. The lowest BCUT2D eigenvalue weighted by Gasteiger charge is -2.68. The van der Waals surface area contributed by atoms with Gasteiger partial charge in [-0.3, -0.25) is 34.1 Å². The van der Waals surface area contributed by atoms with Gasteiger partial charge in [-0.1, -0.05) is 106 Å². The van der Waals surface area contributed by atoms with Crippen molar-refractivity contribution in [2.75, 3.05) is 26.4 Å². The molecule has 27 heteroatoms. The predicted molar refractivity (Wildman–Crippen MR) is 378 cm³/mol. The van der Waals surface area contributed by atoms with Crippen molar-refractivity contribution in [1.29, 1.82) is 0 Å². The van der Waals surface area contributed by atoms with Gasteiger partial charge in [-0.15, -0.1) is 13.2 Å². The molecule has 4 heterocycles. The lowest BCUT2D eigenvalue weighted by Crippen LogP contribution is -2.78. The fourth-order valence-electron chi connectivity index (χ4n) is 21.1. The molecule has 6 aliphatic carbocycles. The Labute approximate surface area is 619 Å². The number of ether oxygens (including phenoxy) is 9. The minimum absolute atomic E-state index is 0.0310. The highest BCUT2D eigenvalue weighted by Gasteiger charge is 2.86. The molecule has 0 aromatic heterocycles. The zero-order valence-electron chi connectivity index (χ0n) is 63.5. The van der Waals surface area contributed by atoms with Crippen LogP contribution in [0.15, 0.2) is 72.9 Å². The normalized spacial score (nSPS) is 37.2. The Bertz CT molecular complexity index is 3580. The first-order valence-electron chi connectivity index (χ1n) is 37.4. The molecule has 1 aromatic carbocycles. The summed E-state index contributed by atoms with van der Waals surface area (Å²) in [6.07, 6.45) is 0.148. The molecule has 8 fully saturated rings. The van der Waals surface area contributed by atoms with E-state index in [9.17, 15) is 84.2 Å². The third-order valence-electron chi connectivity index (χ3n) is 26.5. The van der Waals surface area contributed by atoms with Crippen LogP contribution in [0.4, 0.5) is 15.3 Å². The summed E-state index contributed by atoms with van der Waals surface area (Å²) < 4.78 is 51.0. The number of nitro groups is 1. The van der Waals surface area contributed by atoms with Gasteiger partial charge in [0.25, 0.3) is 5.69 Å². The summed E-state index contributed by atoms with van der Waals surface area (Å²) in [5.41, 5.74) is -6.13. The number of aliphatic hydroxyl groups excluding tert-OH is 3. The predicted octanol–water partition coefficient (Wildman–Crippen LogP) is 8.89. The molecular formula is C79H111NO26. The number of hydrogen-bond donors (Lipinski definition) is 7. The van der Waals surface area contributed by atoms with Crippen LogP contribution in [0.25, 0.3) is 0 Å². The Morgan fingerprint density at radius 1 is 0.651 bits per heavy atom. The Kier molecular flexibility index (Phi) is 24.6. The van der Waals surface area contributed by atoms with Gasteiger partial charge >= 0.3 is 30.2 Å². The first-order chi connectivity index (χ1) is 49.5. The van der Waals surface area contributed by atoms with Gasteiger partial charge in [0.15, 0.2) is 29.2 Å². The topological polar surface area (TPSA) is 404 Å². The zero-order valence-corrected chi connectivity index (χ0v) is 63.5. The van der Waals surface area contributed by atoms with Crippen LogP contribution in [0.1, 0.15) is 168 Å². The number of ketones is 3. The third kappa shape index (κ3) is 14.0. The number of fused-ring (bicyclic) bond motifs is 2. The monoisotopic (exact) mass is 1490 g/mol. The van der Waals surface area contributed by atoms with Crippen LogP contribution in [0.2, 0.25) is 0 Å². The Morgan fingerprint density at radius 2 is 1.10 bits per heavy atom. The van der Waals surface area contributed by atoms with Gasteiger partial charge in [-0.2, -0.15) is 0 Å². The molecule has 588 valence electrons. The summed E-state index contributed by atoms with van der Waals surface area (Å²) in [5.74, 6) is -15.2. The van der Waals surface area contributed by atoms with Crippen molar-refractivity contribution >= 4 is 53.3 Å². The van der Waals surface area contributed by atoms with E-state index in [1.165, 1.54) is 36.4 Å². The first-order valence-corrected chi connectivity index (χ1v) is 37.4. The number of rotatable bonds is 24. The molecule has 106 heavy (non-hydrogen) atoms. The maximum absolute atomic E-state index is 13.8. The van der Waals surface area contributed by atoms with Crippen LogP contribution in [-0.4, -0.2) is 180 Å². The molecule has 10 aliphatic rings. The second-order valence-electron chi connectivity index (χ2n) is 33.3. The van der Waals surface area contributed by atoms with Gasteiger partial charge < -0.3 is 78.4 Å². The highest BCUT2D eigenvalue weighted by atomic mass is 16.7. The molecule has 11 rings (SSSR count). The number of unbranched alkanes of at least 4 members (excludes halogenated alkanes) is 4. The van der Waals surface area contributed by atoms with Crippen LogP contribution in [0, 0.1) is 109 Å². The zero-order chi connectivity index (χ0) is 78.7. The van der Waals surface area contributed by atoms with Gasteiger partial charge in [0.2, 0.25) is 6.10 Å². The summed E-state index contributed by atoms with van der Waals surface area (Å²) >= 11 is 0. The molecule has 4 saturated heterocycles. The van der Waals surface area contributed by atoms with Crippen molar-refractivity contribution in [3.63, 3.8) is 0 Å². The number of carbonyl (C=O) groups is 8. The SMILES string of the molecule is C=CCCCCOC(=O)O[C@@H]1C(=O)C=C(C)[C@@H]2C[C@H]3OC(=O)C(OC(=O)CC(O)(C(C)C)C(C)C)C4[C@@H](C)[C@@H](O)[C@@]5(O)OC[C@@]43C5[C@@]12C.C=CCCCCOC(=O)Oc1ccc([N+](=O)[O-])cc1.CC1=CC(=O)[C@@H](O)[C@]2(C)C3[C@]45CO[C@@]3(O)[C@H](O)[C@H](C)C4C(CC(=O)CC(O)(C(C)C)C(C)C)C(=O)O[C@@H]5C[C@@H]12. The smallest absolute Gasteiger partial charge is 0.461 e. The number of non-ortho nitro benzene ring substituents is 1. The largest absolute Gasteiger partial charge is 0.513 e. The standard InChI is InChI=1S/C36H52O12.C30H44O9.C13H15NO5/c1-9-10-11-12-13-44-32(41)48-29-23(37)14-20(6)22-15-24-34-17-45-36(43,31(34)33(22,29)8)28(39)21(7)26(34)27(30(40)46-24)47-25(38)16-35(42,18(2)3)19(4)5;1-13(2)29(36,14(3)4)11-17(31)9-18-22-16(6)23(33)30(37)26-27(7)19(15(5)8-20(32)24(27)34)10-21(39-25(18)35)28(22,26)12-38-30;1-2-3-4-5-10-18-13(15)19-12-8-6-11(7-9-12)14(16)17/h9,14,18-19,21-22,24,26-29,31,39,42-43H,1,10-13,15-17H2,2-8H3;8,13-14,16,18-19,21-24,26,33-34,36-37H,9-12H2,1-7H3;2,6-9H,1,3-5,10H2/t21-,22+,24-,26?,27?,28-,29-,31?,33-,34+,36-;16-,18?,19+,21-,22?,23-,24-,26?,27-,28+,30+;/m11./s1. The summed E-state index contributed by atoms with van der Waals surface area (Å²) in [4.78, 5) is 115. The number of nitro benzene ring substituents is 1. The van der Waals surface area contributed by atoms with Crippen LogP contribution >= 0.6 is 0 Å². The highest BCUT2D eigenvalue weighted by molar-refractivity contribution is 5.97. The Hall–Kier alpha value is -6.82. The maximum Gasteiger partial charge on any atom is 0.513 e. The van der Waals surface area contributed by atoms with E-state index in [1.54, 1.807) is 81.4 Å². The van der Waals surface area contributed by atoms with Crippen LogP contribution in [-0.2, 0) is 66.7 Å². The number of allylic oxidation sites excluding steroid dienone is 4. The number of esters is 3. The lowest BCUT2D eigenvalue weighted by atomic mass is 9.37. The van der Waals surface area contributed by atoms with Gasteiger partial charge in [-0.05, 0) is 143 Å². The summed E-state index contributed by atoms with van der Waals surface area (Å²) in [7, 11) is 0. The summed E-state index contributed by atoms with van der Waals surface area (Å²) in [5, 5.41) is 91.9. The van der Waals surface area contributed by atoms with Crippen molar-refractivity contribution in [2.45, 2.75) is 233 Å². The van der Waals surface area contributed by atoms with Crippen LogP contribution in [0.3, 0.4) is 0 Å². The van der Waals surface area contributed by atoms with Gasteiger partial charge in [0, 0.05) is 64.4 Å². The molecule has 22 atom stereocenters. The van der Waals surface area contributed by atoms with E-state index < -0.39 is 181 Å². The van der Waals surface area contributed by atoms with Gasteiger partial charge in [0.1, 0.15) is 42.1 Å². The Balaban J connectivity index is 0.000000200. The molecule has 7 N–H and O–H groups in total. The number of carbonyl (C=O) groups excluding carboxylic acids is 8. The quantitative estimate of drug-likeness (QED) is 0.00965. The minimum Gasteiger partial charge on any atom is -0.461 e. The van der Waals surface area contributed by atoms with Gasteiger partial charge in [0.05, 0.1) is 54.9 Å². The van der Waals surface area contributed by atoms with E-state index >= 15 is 0 Å². The van der Waals surface area contributed by atoms with E-state index in [4.69, 9.17) is 42.6 Å². The van der Waals surface area contributed by atoms with Crippen LogP contribution < -0.4 is 4.74 Å². The second-order valence-corrected chi connectivity index (χ2v) is 33.3. The summed E-state index contributed by atoms with van der Waals surface area (Å²) in [6.45, 7) is 32.5. The molecule has 6 unspecified atom stereocenters. The maximum atomic E-state index is 13.8. The van der Waals surface area contributed by atoms with E-state index in [2.05, 4.69) is 13.2 Å². The molecule has 1 aromatic rings. The number of hydrogen-bond acceptors (Lipinski definition) is 26. The number of nitrogens with zero attached hydrogens (tertiary/aromatic N) is 1. The average molecular weight is 1490 g/mol. The molecule has 4 bridgehead atoms. The lowest BCUT2D eigenvalue weighted by molar-refractivity contribution is -0.384. The first kappa shape index (κ1) is 83.2. The molecule has 2 spiro atoms. The number of benzene rings is 1. The van der Waals surface area contributed by atoms with Crippen molar-refractivity contribution in [1.82, 2.24) is 0 Å². The second kappa shape index (κ2) is 31.3. The van der Waals surface area contributed by atoms with E-state index in [-0.39, 0.29) is 98.9 Å². The van der Waals surface area contributed by atoms with E-state index in [0.717, 1.165) is 37.7 Å². The molecule has 4 aliphatic heterocycles. The van der Waals surface area contributed by atoms with E-state index in [1.807, 2.05) is 27.7 Å². The summed E-state index contributed by atoms with van der Waals surface area (Å²) in [6, 6.07) is 5.20.